The summed E-state index contributed by atoms with van der Waals surface area (Å²) in [6, 6.07) is 5.56. The van der Waals surface area contributed by atoms with Gasteiger partial charge in [-0.15, -0.1) is 5.11 Å². The molecule has 1 aromatic carbocycles. The third-order valence-corrected chi connectivity index (χ3v) is 3.72. The van der Waals surface area contributed by atoms with Gasteiger partial charge in [-0.1, -0.05) is 22.0 Å². The van der Waals surface area contributed by atoms with Crippen LogP contribution in [0, 0.1) is 13.8 Å². The van der Waals surface area contributed by atoms with Crippen LogP contribution in [-0.4, -0.2) is 14.9 Å². The van der Waals surface area contributed by atoms with Crippen molar-refractivity contribution in [2.75, 3.05) is 0 Å². The molecule has 1 heterocycles. The molecule has 0 saturated heterocycles. The highest BCUT2D eigenvalue weighted by molar-refractivity contribution is 9.10. The Kier molecular flexibility index (Phi) is 4.15. The maximum Gasteiger partial charge on any atom is 0.301 e. The predicted octanol–water partition coefficient (Wildman–Crippen LogP) is 3.06. The van der Waals surface area contributed by atoms with Gasteiger partial charge in [-0.2, -0.15) is 9.80 Å². The van der Waals surface area contributed by atoms with Gasteiger partial charge in [0.05, 0.1) is 11.4 Å². The summed E-state index contributed by atoms with van der Waals surface area (Å²) in [5.74, 6) is 0. The van der Waals surface area contributed by atoms with Crippen molar-refractivity contribution in [3.8, 4) is 0 Å². The van der Waals surface area contributed by atoms with Crippen LogP contribution < -0.4 is 11.3 Å². The fraction of sp³-hybridized carbons (Fsp3) is 0.167. The topological polar surface area (TPSA) is 88.5 Å². The number of nitrogens with one attached hydrogen (secondary N) is 1. The number of halogens is 1. The number of H-pyrrole nitrogens is 1. The van der Waals surface area contributed by atoms with Crippen molar-refractivity contribution >= 4 is 44.6 Å². The van der Waals surface area contributed by atoms with E-state index in [9.17, 15) is 4.79 Å². The number of aromatic nitrogens is 2. The van der Waals surface area contributed by atoms with Crippen molar-refractivity contribution in [1.29, 1.82) is 0 Å². The van der Waals surface area contributed by atoms with E-state index in [2.05, 4.69) is 31.3 Å². The summed E-state index contributed by atoms with van der Waals surface area (Å²) in [5, 5.41) is 10.7. The number of benzene rings is 1. The van der Waals surface area contributed by atoms with Gasteiger partial charge in [0.2, 0.25) is 0 Å². The predicted molar refractivity (Wildman–Crippen MR) is 85.0 cm³/mol. The molecule has 3 N–H and O–H groups in total. The summed E-state index contributed by atoms with van der Waals surface area (Å²) in [4.78, 5) is 12.0. The third kappa shape index (κ3) is 2.86. The van der Waals surface area contributed by atoms with Crippen LogP contribution in [0.15, 0.2) is 37.7 Å². The SMILES string of the molecule is Cc1ccc(N=Nc2c(C)[nH]n(C(N)=S)c2=O)cc1Br. The number of nitrogens with zero attached hydrogens (tertiary/aromatic N) is 3. The molecule has 0 aliphatic rings. The molecule has 1 aromatic heterocycles. The lowest BCUT2D eigenvalue weighted by Crippen LogP contribution is -2.29. The van der Waals surface area contributed by atoms with Gasteiger partial charge in [0.15, 0.2) is 10.8 Å². The van der Waals surface area contributed by atoms with E-state index in [0.29, 0.717) is 11.4 Å². The number of nitrogens with two attached hydrogens (primary N) is 1. The minimum atomic E-state index is -0.412. The number of hydrogen-bond donors (Lipinski definition) is 2. The van der Waals surface area contributed by atoms with Gasteiger partial charge < -0.3 is 5.73 Å². The van der Waals surface area contributed by atoms with Crippen LogP contribution in [0.3, 0.4) is 0 Å². The van der Waals surface area contributed by atoms with E-state index in [1.165, 1.54) is 0 Å². The summed E-state index contributed by atoms with van der Waals surface area (Å²) in [5.41, 5.74) is 7.49. The first kappa shape index (κ1) is 14.6. The highest BCUT2D eigenvalue weighted by atomic mass is 79.9. The Balaban J connectivity index is 2.39. The van der Waals surface area contributed by atoms with Crippen LogP contribution in [0.4, 0.5) is 11.4 Å². The summed E-state index contributed by atoms with van der Waals surface area (Å²) >= 11 is 8.18. The lowest BCUT2D eigenvalue weighted by Gasteiger charge is -1.97. The zero-order valence-corrected chi connectivity index (χ0v) is 13.2. The molecule has 20 heavy (non-hydrogen) atoms. The first-order chi connectivity index (χ1) is 9.40. The summed E-state index contributed by atoms with van der Waals surface area (Å²) in [6.07, 6.45) is 0. The number of hydrogen-bond acceptors (Lipinski definition) is 4. The van der Waals surface area contributed by atoms with Gasteiger partial charge in [-0.05, 0) is 43.8 Å². The molecule has 0 bridgehead atoms. The summed E-state index contributed by atoms with van der Waals surface area (Å²) in [7, 11) is 0. The number of rotatable bonds is 2. The summed E-state index contributed by atoms with van der Waals surface area (Å²) in [6.45, 7) is 3.68. The molecule has 0 radical (unpaired) electrons. The Labute approximate surface area is 128 Å². The second-order valence-corrected chi connectivity index (χ2v) is 5.47. The Morgan fingerprint density at radius 2 is 2.10 bits per heavy atom. The second-order valence-electron chi connectivity index (χ2n) is 4.20. The smallest absolute Gasteiger partial charge is 0.301 e. The van der Waals surface area contributed by atoms with E-state index in [1.54, 1.807) is 6.92 Å². The molecule has 2 aromatic rings. The van der Waals surface area contributed by atoms with Crippen LogP contribution in [0.2, 0.25) is 0 Å². The first-order valence-electron chi connectivity index (χ1n) is 5.69. The molecule has 0 aliphatic heterocycles. The zero-order valence-electron chi connectivity index (χ0n) is 10.8. The highest BCUT2D eigenvalue weighted by Crippen LogP contribution is 2.24. The van der Waals surface area contributed by atoms with Crippen LogP contribution in [0.25, 0.3) is 0 Å². The van der Waals surface area contributed by atoms with Gasteiger partial charge in [0, 0.05) is 4.47 Å². The zero-order chi connectivity index (χ0) is 14.9. The Hall–Kier alpha value is -1.80. The minimum Gasteiger partial charge on any atom is -0.374 e. The number of aromatic amines is 1. The van der Waals surface area contributed by atoms with Crippen LogP contribution in [-0.2, 0) is 0 Å². The van der Waals surface area contributed by atoms with Crippen LogP contribution >= 0.6 is 28.1 Å². The standard InChI is InChI=1S/C12H12BrN5OS/c1-6-3-4-8(5-9(6)13)15-16-10-7(2)17-18(11(10)19)12(14)20/h3-5,17H,1-2H3,(H2,14,20). The van der Waals surface area contributed by atoms with E-state index in [4.69, 9.17) is 18.0 Å². The normalized spacial score (nSPS) is 11.2. The van der Waals surface area contributed by atoms with Crippen molar-refractivity contribution in [2.24, 2.45) is 16.0 Å². The average molecular weight is 354 g/mol. The average Bonchev–Trinajstić information content (AvgIpc) is 2.67. The van der Waals surface area contributed by atoms with Gasteiger partial charge in [-0.3, -0.25) is 9.89 Å². The Morgan fingerprint density at radius 1 is 1.40 bits per heavy atom. The summed E-state index contributed by atoms with van der Waals surface area (Å²) < 4.78 is 1.99. The number of thiocarbonyl (C=S) groups is 1. The maximum absolute atomic E-state index is 12.0. The van der Waals surface area contributed by atoms with Crippen LogP contribution in [0.1, 0.15) is 11.3 Å². The van der Waals surface area contributed by atoms with E-state index < -0.39 is 5.56 Å². The lowest BCUT2D eigenvalue weighted by atomic mass is 10.2. The van der Waals surface area contributed by atoms with E-state index in [-0.39, 0.29) is 10.8 Å². The van der Waals surface area contributed by atoms with E-state index in [0.717, 1.165) is 14.7 Å². The van der Waals surface area contributed by atoms with Crippen molar-refractivity contribution in [1.82, 2.24) is 9.78 Å². The largest absolute Gasteiger partial charge is 0.374 e. The van der Waals surface area contributed by atoms with Crippen molar-refractivity contribution in [2.45, 2.75) is 13.8 Å². The van der Waals surface area contributed by atoms with Crippen LogP contribution in [0.5, 0.6) is 0 Å². The van der Waals surface area contributed by atoms with Crippen molar-refractivity contribution in [3.05, 3.63) is 44.3 Å². The van der Waals surface area contributed by atoms with Gasteiger partial charge in [0.25, 0.3) is 0 Å². The maximum atomic E-state index is 12.0. The molecule has 8 heteroatoms. The molecular weight excluding hydrogens is 342 g/mol. The second kappa shape index (κ2) is 5.68. The van der Waals surface area contributed by atoms with Gasteiger partial charge in [-0.25, -0.2) is 0 Å². The molecule has 0 unspecified atom stereocenters. The van der Waals surface area contributed by atoms with Gasteiger partial charge >= 0.3 is 5.56 Å². The van der Waals surface area contributed by atoms with E-state index in [1.807, 2.05) is 25.1 Å². The van der Waals surface area contributed by atoms with Gasteiger partial charge in [0.1, 0.15) is 0 Å². The molecule has 104 valence electrons. The Morgan fingerprint density at radius 3 is 2.65 bits per heavy atom. The molecule has 6 nitrogen and oxygen atoms in total. The monoisotopic (exact) mass is 353 g/mol. The quantitative estimate of drug-likeness (QED) is 0.642. The highest BCUT2D eigenvalue weighted by Gasteiger charge is 2.11. The first-order valence-corrected chi connectivity index (χ1v) is 6.89. The molecule has 2 rings (SSSR count). The molecule has 0 amide bonds. The van der Waals surface area contributed by atoms with Crippen molar-refractivity contribution < 1.29 is 0 Å². The Bertz CT molecular complexity index is 762. The molecule has 0 aliphatic carbocycles. The molecule has 0 spiro atoms. The number of azo groups is 1. The fourth-order valence-corrected chi connectivity index (χ4v) is 2.06. The molecule has 0 saturated carbocycles. The fourth-order valence-electron chi connectivity index (χ4n) is 1.56. The third-order valence-electron chi connectivity index (χ3n) is 2.68. The number of aryl methyl sites for hydroxylation is 2. The molecule has 0 fully saturated rings. The van der Waals surface area contributed by atoms with Crippen molar-refractivity contribution in [3.63, 3.8) is 0 Å². The molecular formula is C12H12BrN5OS. The molecule has 0 atom stereocenters. The van der Waals surface area contributed by atoms with E-state index >= 15 is 0 Å². The minimum absolute atomic E-state index is 0.0577. The lowest BCUT2D eigenvalue weighted by molar-refractivity contribution is 0.889.